The van der Waals surface area contributed by atoms with Crippen LogP contribution >= 0.6 is 0 Å². The van der Waals surface area contributed by atoms with E-state index in [1.165, 1.54) is 6.07 Å². The normalized spacial score (nSPS) is 19.9. The van der Waals surface area contributed by atoms with Gasteiger partial charge in [0.1, 0.15) is 5.82 Å². The van der Waals surface area contributed by atoms with Gasteiger partial charge in [0.25, 0.3) is 0 Å². The molecule has 1 fully saturated rings. The van der Waals surface area contributed by atoms with Crippen molar-refractivity contribution in [3.8, 4) is 0 Å². The lowest BCUT2D eigenvalue weighted by atomic mass is 9.88. The Balaban J connectivity index is 1.68. The molecule has 0 unspecified atom stereocenters. The number of carbonyl (C=O) groups is 2. The Bertz CT molecular complexity index is 844. The van der Waals surface area contributed by atoms with Gasteiger partial charge >= 0.3 is 5.97 Å². The number of carboxylic acid groups (broad SMARTS) is 1. The first-order valence-electron chi connectivity index (χ1n) is 9.29. The smallest absolute Gasteiger partial charge is 0.307 e. The summed E-state index contributed by atoms with van der Waals surface area (Å²) < 4.78 is 13.8. The van der Waals surface area contributed by atoms with Crippen LogP contribution in [0.2, 0.25) is 0 Å². The van der Waals surface area contributed by atoms with E-state index in [2.05, 4.69) is 10.3 Å². The van der Waals surface area contributed by atoms with Crippen molar-refractivity contribution in [2.24, 2.45) is 11.8 Å². The Morgan fingerprint density at radius 1 is 1.21 bits per heavy atom. The van der Waals surface area contributed by atoms with Crippen molar-refractivity contribution >= 4 is 11.9 Å². The Morgan fingerprint density at radius 2 is 1.93 bits per heavy atom. The van der Waals surface area contributed by atoms with E-state index in [4.69, 9.17) is 0 Å². The number of likely N-dealkylation sites (tertiary alicyclic amines) is 1. The van der Waals surface area contributed by atoms with Gasteiger partial charge in [0, 0.05) is 38.6 Å². The number of hydrogen-bond donors (Lipinski definition) is 2. The molecule has 0 aliphatic carbocycles. The lowest BCUT2D eigenvalue weighted by Gasteiger charge is -2.35. The quantitative estimate of drug-likeness (QED) is 0.798. The monoisotopic (exact) mass is 385 g/mol. The Labute approximate surface area is 163 Å². The first-order valence-corrected chi connectivity index (χ1v) is 9.29. The maximum atomic E-state index is 13.8. The highest BCUT2D eigenvalue weighted by molar-refractivity contribution is 5.80. The van der Waals surface area contributed by atoms with E-state index in [0.717, 1.165) is 11.1 Å². The molecule has 1 aromatic heterocycles. The maximum absolute atomic E-state index is 13.8. The van der Waals surface area contributed by atoms with Gasteiger partial charge in [-0.1, -0.05) is 12.1 Å². The number of nitrogens with zero attached hydrogens (tertiary/aromatic N) is 2. The average Bonchev–Trinajstić information content (AvgIpc) is 2.70. The van der Waals surface area contributed by atoms with Crippen LogP contribution in [0, 0.1) is 24.6 Å². The molecule has 1 amide bonds. The van der Waals surface area contributed by atoms with Gasteiger partial charge in [0.15, 0.2) is 0 Å². The van der Waals surface area contributed by atoms with Crippen LogP contribution in [0.1, 0.15) is 23.1 Å². The number of aromatic nitrogens is 1. The van der Waals surface area contributed by atoms with Crippen LogP contribution in [0.25, 0.3) is 0 Å². The largest absolute Gasteiger partial charge is 0.481 e. The number of nitrogens with one attached hydrogen (secondary N) is 1. The molecule has 0 saturated carbocycles. The molecule has 2 heterocycles. The van der Waals surface area contributed by atoms with Crippen LogP contribution < -0.4 is 5.32 Å². The molecular weight excluding hydrogens is 361 g/mol. The minimum absolute atomic E-state index is 0.163. The van der Waals surface area contributed by atoms with Gasteiger partial charge in [-0.2, -0.15) is 0 Å². The summed E-state index contributed by atoms with van der Waals surface area (Å²) in [6, 6.07) is 8.53. The molecule has 2 aromatic rings. The molecule has 7 heteroatoms. The maximum Gasteiger partial charge on any atom is 0.307 e. The lowest BCUT2D eigenvalue weighted by Crippen LogP contribution is -2.47. The Hall–Kier alpha value is -2.80. The Kier molecular flexibility index (Phi) is 6.36. The SMILES string of the molecule is Cc1c(F)cccc1CN1C[C@H](C(=O)O)C[C@@H](C(=O)NCc2ccncc2)C1. The fraction of sp³-hybridized carbons (Fsp3) is 0.381. The summed E-state index contributed by atoms with van der Waals surface area (Å²) in [7, 11) is 0. The second-order valence-electron chi connectivity index (χ2n) is 7.26. The summed E-state index contributed by atoms with van der Waals surface area (Å²) in [4.78, 5) is 30.1. The zero-order valence-corrected chi connectivity index (χ0v) is 15.8. The van der Waals surface area contributed by atoms with Crippen molar-refractivity contribution in [3.05, 3.63) is 65.2 Å². The van der Waals surface area contributed by atoms with Crippen molar-refractivity contribution in [2.75, 3.05) is 13.1 Å². The molecule has 1 aliphatic heterocycles. The predicted molar refractivity (Wildman–Crippen MR) is 102 cm³/mol. The van der Waals surface area contributed by atoms with Crippen LogP contribution in [0.3, 0.4) is 0 Å². The van der Waals surface area contributed by atoms with Crippen molar-refractivity contribution in [3.63, 3.8) is 0 Å². The molecule has 0 bridgehead atoms. The van der Waals surface area contributed by atoms with Gasteiger partial charge in [0.2, 0.25) is 5.91 Å². The van der Waals surface area contributed by atoms with Crippen molar-refractivity contribution < 1.29 is 19.1 Å². The molecular formula is C21H24FN3O3. The van der Waals surface area contributed by atoms with E-state index in [1.54, 1.807) is 25.4 Å². The molecule has 1 aromatic carbocycles. The van der Waals surface area contributed by atoms with E-state index < -0.39 is 17.8 Å². The minimum Gasteiger partial charge on any atom is -0.481 e. The standard InChI is InChI=1S/C21H24FN3O3/c1-14-16(3-2-4-19(14)22)11-25-12-17(9-18(13-25)21(27)28)20(26)24-10-15-5-7-23-8-6-15/h2-8,17-18H,9-13H2,1H3,(H,24,26)(H,27,28)/t17-,18-/m1/s1. The minimum atomic E-state index is -0.910. The van der Waals surface area contributed by atoms with Gasteiger partial charge in [0.05, 0.1) is 11.8 Å². The number of hydrogen-bond acceptors (Lipinski definition) is 4. The molecule has 1 saturated heterocycles. The highest BCUT2D eigenvalue weighted by Crippen LogP contribution is 2.25. The van der Waals surface area contributed by atoms with Crippen LogP contribution in [0.15, 0.2) is 42.7 Å². The zero-order valence-electron chi connectivity index (χ0n) is 15.8. The topological polar surface area (TPSA) is 82.5 Å². The second-order valence-corrected chi connectivity index (χ2v) is 7.26. The number of piperidine rings is 1. The van der Waals surface area contributed by atoms with Crippen LogP contribution in [-0.2, 0) is 22.7 Å². The zero-order chi connectivity index (χ0) is 20.1. The molecule has 3 rings (SSSR count). The first-order chi connectivity index (χ1) is 13.4. The first kappa shape index (κ1) is 19.9. The van der Waals surface area contributed by atoms with E-state index in [0.29, 0.717) is 38.2 Å². The van der Waals surface area contributed by atoms with Crippen LogP contribution in [0.4, 0.5) is 4.39 Å². The van der Waals surface area contributed by atoms with Gasteiger partial charge < -0.3 is 10.4 Å². The molecule has 2 atom stereocenters. The fourth-order valence-corrected chi connectivity index (χ4v) is 3.59. The number of carbonyl (C=O) groups excluding carboxylic acids is 1. The van der Waals surface area contributed by atoms with E-state index >= 15 is 0 Å². The molecule has 0 spiro atoms. The fourth-order valence-electron chi connectivity index (χ4n) is 3.59. The third kappa shape index (κ3) is 4.92. The highest BCUT2D eigenvalue weighted by atomic mass is 19.1. The van der Waals surface area contributed by atoms with Gasteiger partial charge in [-0.25, -0.2) is 4.39 Å². The summed E-state index contributed by atoms with van der Waals surface area (Å²) in [6.07, 6.45) is 3.62. The van der Waals surface area contributed by atoms with E-state index in [-0.39, 0.29) is 11.7 Å². The number of pyridine rings is 1. The van der Waals surface area contributed by atoms with Crippen molar-refractivity contribution in [2.45, 2.75) is 26.4 Å². The summed E-state index contributed by atoms with van der Waals surface area (Å²) in [5, 5.41) is 12.4. The number of carboxylic acids is 1. The summed E-state index contributed by atoms with van der Waals surface area (Å²) in [5.74, 6) is -2.41. The molecule has 2 N–H and O–H groups in total. The van der Waals surface area contributed by atoms with Crippen LogP contribution in [-0.4, -0.2) is 40.0 Å². The predicted octanol–water partition coefficient (Wildman–Crippen LogP) is 2.37. The number of benzene rings is 1. The van der Waals surface area contributed by atoms with Crippen molar-refractivity contribution in [1.29, 1.82) is 0 Å². The van der Waals surface area contributed by atoms with Gasteiger partial charge in [-0.15, -0.1) is 0 Å². The van der Waals surface area contributed by atoms with Gasteiger partial charge in [-0.3, -0.25) is 19.5 Å². The average molecular weight is 385 g/mol. The van der Waals surface area contributed by atoms with Crippen LogP contribution in [0.5, 0.6) is 0 Å². The summed E-state index contributed by atoms with van der Waals surface area (Å²) in [5.41, 5.74) is 2.29. The second kappa shape index (κ2) is 8.93. The third-order valence-electron chi connectivity index (χ3n) is 5.24. The van der Waals surface area contributed by atoms with E-state index in [9.17, 15) is 19.1 Å². The number of aliphatic carboxylic acids is 1. The van der Waals surface area contributed by atoms with E-state index in [1.807, 2.05) is 23.1 Å². The molecule has 1 aliphatic rings. The van der Waals surface area contributed by atoms with Gasteiger partial charge in [-0.05, 0) is 48.2 Å². The highest BCUT2D eigenvalue weighted by Gasteiger charge is 2.35. The summed E-state index contributed by atoms with van der Waals surface area (Å²) >= 11 is 0. The van der Waals surface area contributed by atoms with Crippen molar-refractivity contribution in [1.82, 2.24) is 15.2 Å². The summed E-state index contributed by atoms with van der Waals surface area (Å²) in [6.45, 7) is 3.30. The molecule has 28 heavy (non-hydrogen) atoms. The molecule has 0 radical (unpaired) electrons. The number of rotatable bonds is 6. The number of amides is 1. The number of halogens is 1. The Morgan fingerprint density at radius 3 is 2.64 bits per heavy atom. The lowest BCUT2D eigenvalue weighted by molar-refractivity contribution is -0.145. The molecule has 6 nitrogen and oxygen atoms in total. The third-order valence-corrected chi connectivity index (χ3v) is 5.24. The molecule has 148 valence electrons.